The zero-order chi connectivity index (χ0) is 40.9. The fourth-order valence-corrected chi connectivity index (χ4v) is 10.9. The molecule has 3 aliphatic rings. The van der Waals surface area contributed by atoms with Crippen LogP contribution in [0.3, 0.4) is 0 Å². The third-order valence-electron chi connectivity index (χ3n) is 9.34. The predicted octanol–water partition coefficient (Wildman–Crippen LogP) is 9.56. The van der Waals surface area contributed by atoms with Crippen molar-refractivity contribution in [3.63, 3.8) is 0 Å². The lowest BCUT2D eigenvalue weighted by atomic mass is 9.88. The summed E-state index contributed by atoms with van der Waals surface area (Å²) in [5.41, 5.74) is -1.78. The van der Waals surface area contributed by atoms with Gasteiger partial charge in [0.25, 0.3) is 0 Å². The highest BCUT2D eigenvalue weighted by atomic mass is 28.4. The summed E-state index contributed by atoms with van der Waals surface area (Å²) in [6.45, 7) is 10.9. The molecule has 3 rings (SSSR count). The average Bonchev–Trinajstić information content (AvgIpc) is 3.44. The topological polar surface area (TPSA) is 55.4 Å². The van der Waals surface area contributed by atoms with Crippen LogP contribution in [-0.4, -0.2) is 105 Å². The summed E-state index contributed by atoms with van der Waals surface area (Å²) in [7, 11) is -4.07. The van der Waals surface area contributed by atoms with Crippen LogP contribution in [0, 0.1) is 0 Å². The number of ether oxygens (including phenoxy) is 5. The quantitative estimate of drug-likeness (QED) is 0.129. The molecular weight excluding hydrogens is 783 g/mol. The first-order valence-electron chi connectivity index (χ1n) is 15.5. The molecule has 0 aliphatic carbocycles. The van der Waals surface area contributed by atoms with Gasteiger partial charge in [0.15, 0.2) is 26.2 Å². The summed E-state index contributed by atoms with van der Waals surface area (Å²) in [6.07, 6.45) is -15.3. The van der Waals surface area contributed by atoms with Crippen LogP contribution in [-0.2, 0) is 28.1 Å². The summed E-state index contributed by atoms with van der Waals surface area (Å²) in [5.74, 6) is -59.1. The van der Waals surface area contributed by atoms with E-state index in [1.165, 1.54) is 41.5 Å². The van der Waals surface area contributed by atoms with Gasteiger partial charge in [-0.15, -0.1) is 0 Å². The fourth-order valence-electron chi connectivity index (χ4n) is 6.42. The third-order valence-corrected chi connectivity index (χ3v) is 15.0. The summed E-state index contributed by atoms with van der Waals surface area (Å²) >= 11 is 0. The first kappa shape index (κ1) is 45.2. The van der Waals surface area contributed by atoms with Crippen molar-refractivity contribution in [1.29, 1.82) is 0 Å². The van der Waals surface area contributed by atoms with Crippen LogP contribution in [0.25, 0.3) is 0 Å². The Hall–Kier alpha value is -1.21. The van der Waals surface area contributed by atoms with Gasteiger partial charge in [-0.3, -0.25) is 0 Å². The second-order valence-electron chi connectivity index (χ2n) is 14.4. The Morgan fingerprint density at radius 2 is 0.923 bits per heavy atom. The van der Waals surface area contributed by atoms with Gasteiger partial charge in [0, 0.05) is 6.42 Å². The molecule has 0 saturated carbocycles. The lowest BCUT2D eigenvalue weighted by Gasteiger charge is -2.44. The number of rotatable bonds is 14. The first-order valence-corrected chi connectivity index (χ1v) is 17.8. The summed E-state index contributed by atoms with van der Waals surface area (Å²) in [6, 6.07) is -1.33. The van der Waals surface area contributed by atoms with Crippen molar-refractivity contribution in [3.05, 3.63) is 0 Å². The van der Waals surface area contributed by atoms with E-state index in [0.717, 1.165) is 0 Å². The molecule has 0 bridgehead atoms. The number of fused-ring (bicyclic) bond motifs is 3. The molecule has 0 aromatic heterocycles. The summed E-state index contributed by atoms with van der Waals surface area (Å²) in [4.78, 5) is 0. The molecule has 5 atom stereocenters. The molecule has 3 fully saturated rings. The van der Waals surface area contributed by atoms with E-state index >= 15 is 8.78 Å². The Bertz CT molecular complexity index is 1280. The van der Waals surface area contributed by atoms with E-state index in [1.807, 2.05) is 0 Å². The van der Waals surface area contributed by atoms with Crippen LogP contribution < -0.4 is 0 Å². The van der Waals surface area contributed by atoms with Crippen LogP contribution in [0.1, 0.15) is 61.8 Å². The van der Waals surface area contributed by atoms with E-state index in [2.05, 4.69) is 0 Å². The van der Waals surface area contributed by atoms with Gasteiger partial charge >= 0.3 is 47.6 Å². The fraction of sp³-hybridized carbons (Fsp3) is 1.00. The Morgan fingerprint density at radius 1 is 0.538 bits per heavy atom. The maximum absolute atomic E-state index is 15.0. The van der Waals surface area contributed by atoms with Crippen molar-refractivity contribution in [1.82, 2.24) is 0 Å². The van der Waals surface area contributed by atoms with Gasteiger partial charge in [-0.2, -0.15) is 74.6 Å². The first-order chi connectivity index (χ1) is 22.8. The number of hydrogen-bond donors (Lipinski definition) is 0. The Morgan fingerprint density at radius 3 is 1.37 bits per heavy atom. The highest BCUT2D eigenvalue weighted by Crippen LogP contribution is 2.64. The Labute approximate surface area is 287 Å². The normalized spacial score (nSPS) is 28.1. The zero-order valence-corrected chi connectivity index (χ0v) is 29.5. The van der Waals surface area contributed by atoms with Crippen molar-refractivity contribution < 1.29 is 103 Å². The van der Waals surface area contributed by atoms with Gasteiger partial charge < -0.3 is 28.1 Å². The van der Waals surface area contributed by atoms with E-state index < -0.39 is 128 Å². The van der Waals surface area contributed by atoms with E-state index in [0.29, 0.717) is 0 Å². The van der Waals surface area contributed by atoms with E-state index in [1.54, 1.807) is 13.8 Å². The number of halogens is 17. The minimum Gasteiger partial charge on any atom is -0.414 e. The highest BCUT2D eigenvalue weighted by molar-refractivity contribution is 6.76. The molecular formula is C28H37F17O6Si. The molecule has 0 radical (unpaired) electrons. The molecule has 0 aromatic rings. The number of alkyl halides is 17. The number of hydrogen-bond acceptors (Lipinski definition) is 6. The lowest BCUT2D eigenvalue weighted by Crippen LogP contribution is -2.74. The van der Waals surface area contributed by atoms with Crippen LogP contribution in [0.4, 0.5) is 74.6 Å². The molecule has 0 unspecified atom stereocenters. The molecule has 3 aliphatic heterocycles. The molecule has 6 nitrogen and oxygen atoms in total. The van der Waals surface area contributed by atoms with Gasteiger partial charge in [-0.05, 0) is 44.8 Å². The monoisotopic (exact) mass is 820 g/mol. The van der Waals surface area contributed by atoms with Gasteiger partial charge in [0.05, 0.1) is 6.61 Å². The second-order valence-corrected chi connectivity index (χ2v) is 19.4. The van der Waals surface area contributed by atoms with Gasteiger partial charge in [-0.25, -0.2) is 0 Å². The smallest absolute Gasteiger partial charge is 0.414 e. The molecule has 52 heavy (non-hydrogen) atoms. The molecule has 3 heterocycles. The SMILES string of the molecule is CC(C)[Si](CCC(F)(F)C(F)(F)C(F)(F)C(F)(F)C(F)(F)C(F)(F)C(F)(F)C(F)(F)F)(OC[C@H]1O[C@@H]2OC(C)(C)O[C@@H]2[C@H]2OC(C)(C)O[C@H]21)C(C)C. The largest absolute Gasteiger partial charge is 0.460 e. The molecule has 0 N–H and O–H groups in total. The van der Waals surface area contributed by atoms with Crippen molar-refractivity contribution in [2.75, 3.05) is 6.61 Å². The molecule has 308 valence electrons. The summed E-state index contributed by atoms with van der Waals surface area (Å²) in [5, 5.41) is 0. The van der Waals surface area contributed by atoms with Crippen LogP contribution in [0.2, 0.25) is 17.1 Å². The van der Waals surface area contributed by atoms with Gasteiger partial charge in [-0.1, -0.05) is 27.7 Å². The van der Waals surface area contributed by atoms with Crippen LogP contribution in [0.15, 0.2) is 0 Å². The lowest BCUT2D eigenvalue weighted by molar-refractivity contribution is -0.461. The van der Waals surface area contributed by atoms with E-state index in [9.17, 15) is 65.9 Å². The molecule has 0 amide bonds. The molecule has 24 heteroatoms. The molecule has 0 spiro atoms. The van der Waals surface area contributed by atoms with Crippen molar-refractivity contribution >= 4 is 8.32 Å². The van der Waals surface area contributed by atoms with Gasteiger partial charge in [0.2, 0.25) is 0 Å². The molecule has 0 aromatic carbocycles. The third kappa shape index (κ3) is 6.93. The van der Waals surface area contributed by atoms with Crippen molar-refractivity contribution in [3.8, 4) is 0 Å². The van der Waals surface area contributed by atoms with Gasteiger partial charge in [0.1, 0.15) is 24.4 Å². The van der Waals surface area contributed by atoms with E-state index in [4.69, 9.17) is 28.1 Å². The Balaban J connectivity index is 1.92. The minimum atomic E-state index is -8.68. The Kier molecular flexibility index (Phi) is 11.5. The maximum Gasteiger partial charge on any atom is 0.460 e. The minimum absolute atomic E-state index is 0.582. The second kappa shape index (κ2) is 13.2. The predicted molar refractivity (Wildman–Crippen MR) is 145 cm³/mol. The highest BCUT2D eigenvalue weighted by Gasteiger charge is 2.95. The standard InChI is InChI=1S/C28H37F17O6Si/c1-12(2)52(13(3)4,46-11-14-15-16(49-19(5,6)48-15)17-18(47-14)51-20(7,8)50-17)10-9-21(29,30)22(31,32)23(33,34)24(35,36)25(37,38)26(39,40)27(41,42)28(43,44)45/h12-18H,9-11H2,1-8H3/t14-,15+,16+,17-,18-/m1/s1. The molecule has 3 saturated heterocycles. The maximum atomic E-state index is 15.0. The van der Waals surface area contributed by atoms with Crippen LogP contribution >= 0.6 is 0 Å². The van der Waals surface area contributed by atoms with E-state index in [-0.39, 0.29) is 0 Å². The van der Waals surface area contributed by atoms with Crippen molar-refractivity contribution in [2.45, 2.75) is 169 Å². The zero-order valence-electron chi connectivity index (χ0n) is 28.5. The van der Waals surface area contributed by atoms with Crippen molar-refractivity contribution in [2.24, 2.45) is 0 Å². The average molecular weight is 821 g/mol. The van der Waals surface area contributed by atoms with Crippen LogP contribution in [0.5, 0.6) is 0 Å². The summed E-state index contributed by atoms with van der Waals surface area (Å²) < 4.78 is 271.